The van der Waals surface area contributed by atoms with Crippen LogP contribution < -0.4 is 10.5 Å². The molecule has 2 N–H and O–H groups in total. The van der Waals surface area contributed by atoms with Crippen LogP contribution in [0.4, 0.5) is 17.6 Å². The molecule has 0 aromatic heterocycles. The molecule has 20 heavy (non-hydrogen) atoms. The normalized spacial score (nSPS) is 13.8. The van der Waals surface area contributed by atoms with Crippen molar-refractivity contribution in [1.82, 2.24) is 0 Å². The third-order valence-corrected chi connectivity index (χ3v) is 2.87. The van der Waals surface area contributed by atoms with Gasteiger partial charge in [-0.1, -0.05) is 32.0 Å². The van der Waals surface area contributed by atoms with E-state index >= 15 is 0 Å². The number of ether oxygens (including phenoxy) is 1. The lowest BCUT2D eigenvalue weighted by Gasteiger charge is -2.21. The molecule has 0 heterocycles. The lowest BCUT2D eigenvalue weighted by atomic mass is 9.98. The van der Waals surface area contributed by atoms with Crippen LogP contribution in [0.25, 0.3) is 0 Å². The van der Waals surface area contributed by atoms with E-state index in [1.54, 1.807) is 6.07 Å². The molecule has 6 heteroatoms. The molecule has 0 aliphatic rings. The highest BCUT2D eigenvalue weighted by atomic mass is 19.3. The Bertz CT molecular complexity index is 423. The quantitative estimate of drug-likeness (QED) is 0.758. The summed E-state index contributed by atoms with van der Waals surface area (Å²) in [6.07, 6.45) is -7.03. The summed E-state index contributed by atoms with van der Waals surface area (Å²) in [5.74, 6) is 0.116. The zero-order chi connectivity index (χ0) is 15.3. The number of halogens is 4. The van der Waals surface area contributed by atoms with Gasteiger partial charge in [-0.2, -0.15) is 17.6 Å². The van der Waals surface area contributed by atoms with E-state index in [9.17, 15) is 17.6 Å². The highest BCUT2D eigenvalue weighted by Gasteiger charge is 2.44. The van der Waals surface area contributed by atoms with Crippen LogP contribution in [0.15, 0.2) is 24.3 Å². The first-order valence-corrected chi connectivity index (χ1v) is 6.43. The summed E-state index contributed by atoms with van der Waals surface area (Å²) in [6, 6.07) is 5.26. The Balaban J connectivity index is 2.88. The Morgan fingerprint density at radius 1 is 1.15 bits per heavy atom. The molecule has 0 amide bonds. The van der Waals surface area contributed by atoms with Crippen LogP contribution in [-0.4, -0.2) is 12.5 Å². The van der Waals surface area contributed by atoms with Gasteiger partial charge in [0.05, 0.1) is 0 Å². The van der Waals surface area contributed by atoms with E-state index in [-0.39, 0.29) is 5.75 Å². The number of para-hydroxylation sites is 1. The van der Waals surface area contributed by atoms with Crippen LogP contribution in [-0.2, 0) is 0 Å². The fourth-order valence-electron chi connectivity index (χ4n) is 1.74. The molecule has 0 aliphatic heterocycles. The van der Waals surface area contributed by atoms with Crippen LogP contribution in [0.3, 0.4) is 0 Å². The van der Waals surface area contributed by atoms with E-state index in [0.717, 1.165) is 6.42 Å². The topological polar surface area (TPSA) is 35.2 Å². The van der Waals surface area contributed by atoms with Crippen LogP contribution in [0.5, 0.6) is 5.75 Å². The predicted molar refractivity (Wildman–Crippen MR) is 69.0 cm³/mol. The largest absolute Gasteiger partial charge is 0.461 e. The molecule has 0 fully saturated rings. The van der Waals surface area contributed by atoms with Gasteiger partial charge in [-0.25, -0.2) is 0 Å². The highest BCUT2D eigenvalue weighted by Crippen LogP contribution is 2.33. The standard InChI is InChI=1S/C14H19F4NO/c1-9(2)7-8-11(19)10-5-3-4-6-12(10)20-14(17,18)13(15)16/h3-6,9,11,13H,7-8,19H2,1-2H3/t11-/m0/s1. The molecule has 1 rings (SSSR count). The Labute approximate surface area is 115 Å². The maximum absolute atomic E-state index is 13.0. The van der Waals surface area contributed by atoms with Crippen molar-refractivity contribution in [3.63, 3.8) is 0 Å². The fourth-order valence-corrected chi connectivity index (χ4v) is 1.74. The predicted octanol–water partition coefficient (Wildman–Crippen LogP) is 4.36. The van der Waals surface area contributed by atoms with Crippen molar-refractivity contribution in [2.24, 2.45) is 11.7 Å². The molecular weight excluding hydrogens is 274 g/mol. The van der Waals surface area contributed by atoms with Crippen LogP contribution in [0.1, 0.15) is 38.3 Å². The summed E-state index contributed by atoms with van der Waals surface area (Å²) >= 11 is 0. The third-order valence-electron chi connectivity index (χ3n) is 2.87. The van der Waals surface area contributed by atoms with E-state index in [1.165, 1.54) is 18.2 Å². The van der Waals surface area contributed by atoms with Crippen molar-refractivity contribution >= 4 is 0 Å². The lowest BCUT2D eigenvalue weighted by Crippen LogP contribution is -2.34. The smallest absolute Gasteiger partial charge is 0.428 e. The Morgan fingerprint density at radius 3 is 2.30 bits per heavy atom. The average molecular weight is 293 g/mol. The van der Waals surface area contributed by atoms with Crippen molar-refractivity contribution in [1.29, 1.82) is 0 Å². The molecule has 0 unspecified atom stereocenters. The number of hydrogen-bond donors (Lipinski definition) is 1. The summed E-state index contributed by atoms with van der Waals surface area (Å²) in [7, 11) is 0. The van der Waals surface area contributed by atoms with Gasteiger partial charge in [-0.3, -0.25) is 0 Å². The average Bonchev–Trinajstić information content (AvgIpc) is 2.36. The Morgan fingerprint density at radius 2 is 1.75 bits per heavy atom. The van der Waals surface area contributed by atoms with Crippen LogP contribution in [0.2, 0.25) is 0 Å². The van der Waals surface area contributed by atoms with E-state index in [2.05, 4.69) is 4.74 Å². The van der Waals surface area contributed by atoms with E-state index in [0.29, 0.717) is 17.9 Å². The maximum atomic E-state index is 13.0. The fraction of sp³-hybridized carbons (Fsp3) is 0.571. The minimum absolute atomic E-state index is 0.297. The minimum atomic E-state index is -4.52. The van der Waals surface area contributed by atoms with Crippen molar-refractivity contribution in [3.05, 3.63) is 29.8 Å². The van der Waals surface area contributed by atoms with Gasteiger partial charge in [0.25, 0.3) is 0 Å². The van der Waals surface area contributed by atoms with Crippen molar-refractivity contribution < 1.29 is 22.3 Å². The van der Waals surface area contributed by atoms with Crippen LogP contribution >= 0.6 is 0 Å². The number of alkyl halides is 4. The minimum Gasteiger partial charge on any atom is -0.428 e. The molecular formula is C14H19F4NO. The first-order chi connectivity index (χ1) is 9.24. The molecule has 1 atom stereocenters. The second kappa shape index (κ2) is 6.92. The van der Waals surface area contributed by atoms with Gasteiger partial charge >= 0.3 is 12.5 Å². The number of rotatable bonds is 7. The zero-order valence-electron chi connectivity index (χ0n) is 11.5. The van der Waals surface area contributed by atoms with Crippen molar-refractivity contribution in [2.75, 3.05) is 0 Å². The number of benzene rings is 1. The first kappa shape index (κ1) is 16.8. The maximum Gasteiger partial charge on any atom is 0.461 e. The number of nitrogens with two attached hydrogens (primary N) is 1. The molecule has 1 aromatic rings. The van der Waals surface area contributed by atoms with Gasteiger partial charge in [0.15, 0.2) is 0 Å². The monoisotopic (exact) mass is 293 g/mol. The lowest BCUT2D eigenvalue weighted by molar-refractivity contribution is -0.253. The number of hydrogen-bond acceptors (Lipinski definition) is 2. The molecule has 0 aliphatic carbocycles. The summed E-state index contributed by atoms with van der Waals surface area (Å²) in [5.41, 5.74) is 6.24. The zero-order valence-corrected chi connectivity index (χ0v) is 11.5. The highest BCUT2D eigenvalue weighted by molar-refractivity contribution is 5.36. The Hall–Kier alpha value is -1.30. The molecule has 114 valence electrons. The van der Waals surface area contributed by atoms with Gasteiger partial charge < -0.3 is 10.5 Å². The first-order valence-electron chi connectivity index (χ1n) is 6.43. The summed E-state index contributed by atoms with van der Waals surface area (Å²) < 4.78 is 54.5. The third kappa shape index (κ3) is 4.67. The molecule has 1 aromatic carbocycles. The second-order valence-corrected chi connectivity index (χ2v) is 5.08. The summed E-state index contributed by atoms with van der Waals surface area (Å²) in [6.45, 7) is 4.03. The van der Waals surface area contributed by atoms with E-state index < -0.39 is 18.6 Å². The summed E-state index contributed by atoms with van der Waals surface area (Å²) in [4.78, 5) is 0. The molecule has 0 radical (unpaired) electrons. The molecule has 0 bridgehead atoms. The SMILES string of the molecule is CC(C)CC[C@H](N)c1ccccc1OC(F)(F)C(F)F. The van der Waals surface area contributed by atoms with Gasteiger partial charge in [0.1, 0.15) is 5.75 Å². The summed E-state index contributed by atoms with van der Waals surface area (Å²) in [5, 5.41) is 0. The van der Waals surface area contributed by atoms with Gasteiger partial charge in [0.2, 0.25) is 0 Å². The second-order valence-electron chi connectivity index (χ2n) is 5.08. The molecule has 2 nitrogen and oxygen atoms in total. The van der Waals surface area contributed by atoms with Gasteiger partial charge in [-0.15, -0.1) is 0 Å². The van der Waals surface area contributed by atoms with Crippen molar-refractivity contribution in [2.45, 2.75) is 45.3 Å². The van der Waals surface area contributed by atoms with Gasteiger partial charge in [-0.05, 0) is 24.8 Å². The van der Waals surface area contributed by atoms with Crippen molar-refractivity contribution in [3.8, 4) is 5.75 Å². The van der Waals surface area contributed by atoms with E-state index in [4.69, 9.17) is 5.73 Å². The van der Waals surface area contributed by atoms with E-state index in [1.807, 2.05) is 13.8 Å². The van der Waals surface area contributed by atoms with Crippen LogP contribution in [0, 0.1) is 5.92 Å². The van der Waals surface area contributed by atoms with Gasteiger partial charge in [0, 0.05) is 11.6 Å². The Kier molecular flexibility index (Phi) is 5.80. The molecule has 0 saturated heterocycles. The molecule has 0 saturated carbocycles. The molecule has 0 spiro atoms.